The van der Waals surface area contributed by atoms with E-state index in [9.17, 15) is 0 Å². The maximum absolute atomic E-state index is 5.42. The highest BCUT2D eigenvalue weighted by molar-refractivity contribution is 5.83. The standard InChI is InChI=1S/C20H21N5O/c1-2-17(14-5-9-25-16(12-14)4-8-22-25)18-13-21-20(24-19(18)3-1)23-15-6-10-26-11-7-15/h2,4-5,8-9,12-13,15H,1,3,6-7,10-11H2,(H,21,23,24). The first-order valence-corrected chi connectivity index (χ1v) is 9.21. The van der Waals surface area contributed by atoms with Crippen LogP contribution in [0.2, 0.25) is 0 Å². The van der Waals surface area contributed by atoms with Gasteiger partial charge in [-0.25, -0.2) is 14.5 Å². The van der Waals surface area contributed by atoms with Crippen molar-refractivity contribution in [2.24, 2.45) is 0 Å². The monoisotopic (exact) mass is 347 g/mol. The third-order valence-corrected chi connectivity index (χ3v) is 5.15. The van der Waals surface area contributed by atoms with Crippen LogP contribution in [-0.4, -0.2) is 38.8 Å². The van der Waals surface area contributed by atoms with Crippen LogP contribution < -0.4 is 5.32 Å². The van der Waals surface area contributed by atoms with Crippen LogP contribution in [0.25, 0.3) is 11.1 Å². The van der Waals surface area contributed by atoms with Gasteiger partial charge in [-0.1, -0.05) is 6.08 Å². The van der Waals surface area contributed by atoms with Crippen molar-refractivity contribution in [1.82, 2.24) is 19.6 Å². The molecule has 0 aromatic carbocycles. The first-order valence-electron chi connectivity index (χ1n) is 9.21. The first kappa shape index (κ1) is 15.5. The normalized spacial score (nSPS) is 17.8. The quantitative estimate of drug-likeness (QED) is 0.789. The predicted molar refractivity (Wildman–Crippen MR) is 100 cm³/mol. The van der Waals surface area contributed by atoms with Crippen molar-refractivity contribution >= 4 is 17.0 Å². The summed E-state index contributed by atoms with van der Waals surface area (Å²) in [6.45, 7) is 1.62. The van der Waals surface area contributed by atoms with Crippen LogP contribution in [0.3, 0.4) is 0 Å². The molecule has 26 heavy (non-hydrogen) atoms. The molecule has 5 rings (SSSR count). The maximum atomic E-state index is 5.42. The van der Waals surface area contributed by atoms with E-state index >= 15 is 0 Å². The molecule has 2 aliphatic rings. The Hall–Kier alpha value is -2.73. The van der Waals surface area contributed by atoms with Crippen molar-refractivity contribution in [2.75, 3.05) is 18.5 Å². The van der Waals surface area contributed by atoms with Gasteiger partial charge in [-0.05, 0) is 55.0 Å². The largest absolute Gasteiger partial charge is 0.381 e. The number of aryl methyl sites for hydroxylation is 1. The summed E-state index contributed by atoms with van der Waals surface area (Å²) in [7, 11) is 0. The molecule has 0 unspecified atom stereocenters. The van der Waals surface area contributed by atoms with Crippen LogP contribution in [0.1, 0.15) is 36.1 Å². The van der Waals surface area contributed by atoms with Gasteiger partial charge in [-0.2, -0.15) is 5.10 Å². The molecule has 1 aliphatic carbocycles. The van der Waals surface area contributed by atoms with Gasteiger partial charge in [0.05, 0.1) is 11.2 Å². The predicted octanol–water partition coefficient (Wildman–Crippen LogP) is 3.09. The highest BCUT2D eigenvalue weighted by atomic mass is 16.5. The minimum atomic E-state index is 0.407. The Labute approximate surface area is 151 Å². The number of anilines is 1. The molecule has 6 heteroatoms. The molecular weight excluding hydrogens is 326 g/mol. The summed E-state index contributed by atoms with van der Waals surface area (Å²) >= 11 is 0. The lowest BCUT2D eigenvalue weighted by atomic mass is 9.91. The molecule has 1 fully saturated rings. The smallest absolute Gasteiger partial charge is 0.223 e. The first-order chi connectivity index (χ1) is 12.9. The molecule has 0 spiro atoms. The number of ether oxygens (including phenoxy) is 1. The summed E-state index contributed by atoms with van der Waals surface area (Å²) in [5.74, 6) is 0.739. The van der Waals surface area contributed by atoms with E-state index in [2.05, 4.69) is 33.6 Å². The molecule has 1 N–H and O–H groups in total. The Morgan fingerprint density at radius 3 is 3.04 bits per heavy atom. The molecule has 0 bridgehead atoms. The van der Waals surface area contributed by atoms with Gasteiger partial charge in [-0.15, -0.1) is 0 Å². The van der Waals surface area contributed by atoms with E-state index in [1.165, 1.54) is 11.1 Å². The van der Waals surface area contributed by atoms with E-state index in [0.29, 0.717) is 6.04 Å². The number of hydrogen-bond donors (Lipinski definition) is 1. The summed E-state index contributed by atoms with van der Waals surface area (Å²) in [4.78, 5) is 9.41. The zero-order chi connectivity index (χ0) is 17.3. The average molecular weight is 347 g/mol. The van der Waals surface area contributed by atoms with Gasteiger partial charge in [0.25, 0.3) is 0 Å². The minimum Gasteiger partial charge on any atom is -0.381 e. The van der Waals surface area contributed by atoms with E-state index in [0.717, 1.165) is 61.6 Å². The summed E-state index contributed by atoms with van der Waals surface area (Å²) in [5.41, 5.74) is 5.76. The Kier molecular flexibility index (Phi) is 3.90. The van der Waals surface area contributed by atoms with Crippen LogP contribution in [0, 0.1) is 0 Å². The summed E-state index contributed by atoms with van der Waals surface area (Å²) in [6, 6.07) is 6.70. The highest BCUT2D eigenvalue weighted by Gasteiger charge is 2.19. The second-order valence-electron chi connectivity index (χ2n) is 6.86. The van der Waals surface area contributed by atoms with Gasteiger partial charge in [0.1, 0.15) is 0 Å². The fraction of sp³-hybridized carbons (Fsp3) is 0.350. The van der Waals surface area contributed by atoms with Crippen LogP contribution in [-0.2, 0) is 11.2 Å². The third kappa shape index (κ3) is 2.86. The van der Waals surface area contributed by atoms with E-state index in [-0.39, 0.29) is 0 Å². The van der Waals surface area contributed by atoms with Crippen molar-refractivity contribution in [2.45, 2.75) is 31.7 Å². The van der Waals surface area contributed by atoms with Gasteiger partial charge < -0.3 is 10.1 Å². The highest BCUT2D eigenvalue weighted by Crippen LogP contribution is 2.31. The van der Waals surface area contributed by atoms with Crippen LogP contribution >= 0.6 is 0 Å². The van der Waals surface area contributed by atoms with Crippen molar-refractivity contribution in [3.05, 3.63) is 59.7 Å². The minimum absolute atomic E-state index is 0.407. The van der Waals surface area contributed by atoms with Gasteiger partial charge >= 0.3 is 0 Å². The Balaban J connectivity index is 1.44. The number of allylic oxidation sites excluding steroid dienone is 1. The molecule has 0 atom stereocenters. The van der Waals surface area contributed by atoms with E-state index in [4.69, 9.17) is 9.72 Å². The number of fused-ring (bicyclic) bond motifs is 2. The van der Waals surface area contributed by atoms with Crippen molar-refractivity contribution in [1.29, 1.82) is 0 Å². The fourth-order valence-electron chi connectivity index (χ4n) is 3.75. The number of aromatic nitrogens is 4. The summed E-state index contributed by atoms with van der Waals surface area (Å²) in [5, 5.41) is 7.74. The van der Waals surface area contributed by atoms with E-state index < -0.39 is 0 Å². The molecule has 4 heterocycles. The SMILES string of the molecule is C1=C(c2ccn3nccc3c2)c2cnc(NC3CCOCC3)nc2CC1. The van der Waals surface area contributed by atoms with Gasteiger partial charge in [0, 0.05) is 43.4 Å². The van der Waals surface area contributed by atoms with E-state index in [1.807, 2.05) is 29.2 Å². The van der Waals surface area contributed by atoms with Crippen LogP contribution in [0.15, 0.2) is 42.9 Å². The number of nitrogens with one attached hydrogen (secondary N) is 1. The molecule has 0 amide bonds. The third-order valence-electron chi connectivity index (χ3n) is 5.15. The molecular formula is C20H21N5O. The van der Waals surface area contributed by atoms with Gasteiger partial charge in [-0.3, -0.25) is 0 Å². The van der Waals surface area contributed by atoms with Crippen molar-refractivity contribution < 1.29 is 4.74 Å². The lowest BCUT2D eigenvalue weighted by Crippen LogP contribution is -2.29. The molecule has 1 aliphatic heterocycles. The zero-order valence-electron chi connectivity index (χ0n) is 14.6. The van der Waals surface area contributed by atoms with Crippen molar-refractivity contribution in [3.8, 4) is 0 Å². The lowest BCUT2D eigenvalue weighted by molar-refractivity contribution is 0.0903. The Morgan fingerprint density at radius 2 is 2.12 bits per heavy atom. The number of hydrogen-bond acceptors (Lipinski definition) is 5. The molecule has 6 nitrogen and oxygen atoms in total. The second kappa shape index (κ2) is 6.53. The van der Waals surface area contributed by atoms with E-state index in [1.54, 1.807) is 0 Å². The number of rotatable bonds is 3. The number of pyridine rings is 1. The topological polar surface area (TPSA) is 64.3 Å². The van der Waals surface area contributed by atoms with Gasteiger partial charge in [0.15, 0.2) is 0 Å². The lowest BCUT2D eigenvalue weighted by Gasteiger charge is -2.24. The average Bonchev–Trinajstić information content (AvgIpc) is 3.16. The van der Waals surface area contributed by atoms with Gasteiger partial charge in [0.2, 0.25) is 5.95 Å². The molecule has 3 aromatic rings. The summed E-state index contributed by atoms with van der Waals surface area (Å²) < 4.78 is 7.30. The van der Waals surface area contributed by atoms with Crippen LogP contribution in [0.4, 0.5) is 5.95 Å². The number of nitrogens with zero attached hydrogens (tertiary/aromatic N) is 4. The maximum Gasteiger partial charge on any atom is 0.223 e. The molecule has 3 aromatic heterocycles. The summed E-state index contributed by atoms with van der Waals surface area (Å²) in [6.07, 6.45) is 12.1. The molecule has 0 saturated carbocycles. The molecule has 132 valence electrons. The Morgan fingerprint density at radius 1 is 1.19 bits per heavy atom. The second-order valence-corrected chi connectivity index (χ2v) is 6.86. The molecule has 1 saturated heterocycles. The fourth-order valence-corrected chi connectivity index (χ4v) is 3.75. The Bertz CT molecular complexity index is 971. The zero-order valence-corrected chi connectivity index (χ0v) is 14.6. The van der Waals surface area contributed by atoms with Crippen molar-refractivity contribution in [3.63, 3.8) is 0 Å². The molecule has 0 radical (unpaired) electrons. The van der Waals surface area contributed by atoms with Crippen LogP contribution in [0.5, 0.6) is 0 Å².